The molecule has 13 heavy (non-hydrogen) atoms. The Kier molecular flexibility index (Phi) is 1.81. The molecule has 1 aliphatic heterocycles. The zero-order chi connectivity index (χ0) is 9.47. The third-order valence-corrected chi connectivity index (χ3v) is 2.93. The van der Waals surface area contributed by atoms with Crippen LogP contribution in [0.15, 0.2) is 0 Å². The summed E-state index contributed by atoms with van der Waals surface area (Å²) in [4.78, 5) is 13.0. The van der Waals surface area contributed by atoms with Gasteiger partial charge in [-0.1, -0.05) is 5.92 Å². The Hall–Kier alpha value is -1.01. The fourth-order valence-corrected chi connectivity index (χ4v) is 2.01. The maximum Gasteiger partial charge on any atom is 0.298 e. The number of piperidine rings is 1. The van der Waals surface area contributed by atoms with Crippen molar-refractivity contribution in [3.63, 3.8) is 0 Å². The summed E-state index contributed by atoms with van der Waals surface area (Å²) in [5, 5.41) is 9.79. The lowest BCUT2D eigenvalue weighted by Gasteiger charge is -2.28. The van der Waals surface area contributed by atoms with Crippen molar-refractivity contribution < 1.29 is 9.90 Å². The maximum atomic E-state index is 11.3. The van der Waals surface area contributed by atoms with E-state index in [4.69, 9.17) is 0 Å². The Morgan fingerprint density at radius 1 is 1.69 bits per heavy atom. The number of hydrogen-bond acceptors (Lipinski definition) is 2. The molecule has 1 heterocycles. The molecule has 0 spiro atoms. The molecule has 0 radical (unpaired) electrons. The number of hydrogen-bond donors (Lipinski definition) is 1. The summed E-state index contributed by atoms with van der Waals surface area (Å²) in [6.45, 7) is 2.88. The second-order valence-electron chi connectivity index (χ2n) is 3.90. The number of likely N-dealkylation sites (tertiary alicyclic amines) is 1. The normalized spacial score (nSPS) is 35.8. The summed E-state index contributed by atoms with van der Waals surface area (Å²) in [6, 6.07) is 0. The zero-order valence-corrected chi connectivity index (χ0v) is 7.71. The Morgan fingerprint density at radius 2 is 2.46 bits per heavy atom. The smallest absolute Gasteiger partial charge is 0.298 e. The summed E-state index contributed by atoms with van der Waals surface area (Å²) in [7, 11) is 0. The van der Waals surface area contributed by atoms with Crippen molar-refractivity contribution >= 4 is 5.91 Å². The van der Waals surface area contributed by atoms with Gasteiger partial charge in [0.05, 0.1) is 12.1 Å². The molecule has 1 amide bonds. The van der Waals surface area contributed by atoms with Gasteiger partial charge in [0, 0.05) is 6.54 Å². The molecule has 0 aromatic rings. The fourth-order valence-electron chi connectivity index (χ4n) is 2.01. The quantitative estimate of drug-likeness (QED) is 0.531. The van der Waals surface area contributed by atoms with Gasteiger partial charge in [-0.15, -0.1) is 0 Å². The van der Waals surface area contributed by atoms with Crippen LogP contribution in [0.25, 0.3) is 0 Å². The fraction of sp³-hybridized carbons (Fsp3) is 0.700. The van der Waals surface area contributed by atoms with Gasteiger partial charge < -0.3 is 10.0 Å². The standard InChI is InChI=1S/C10H13NO2/c1-2-3-9(12)11-5-4-8-6-10(8,13)7-11/h8,13H,4-7H2,1H3/t8-,10+/m1/s1. The minimum atomic E-state index is -0.566. The number of amides is 1. The minimum Gasteiger partial charge on any atom is -0.388 e. The van der Waals surface area contributed by atoms with E-state index in [9.17, 15) is 9.90 Å². The van der Waals surface area contributed by atoms with Crippen LogP contribution in [0.3, 0.4) is 0 Å². The van der Waals surface area contributed by atoms with Gasteiger partial charge >= 0.3 is 0 Å². The molecule has 1 aliphatic carbocycles. The molecule has 0 aromatic heterocycles. The predicted octanol–water partition coefficient (Wildman–Crippen LogP) is -0.00700. The molecule has 2 rings (SSSR count). The number of fused-ring (bicyclic) bond motifs is 1. The number of β-amino-alcohol motifs (C(OH)–C–C–N with tert-alkyl or cyclic N) is 1. The summed E-state index contributed by atoms with van der Waals surface area (Å²) in [5.74, 6) is 5.36. The summed E-state index contributed by atoms with van der Waals surface area (Å²) in [5.41, 5.74) is -0.566. The van der Waals surface area contributed by atoms with Gasteiger partial charge in [0.15, 0.2) is 0 Å². The lowest BCUT2D eigenvalue weighted by molar-refractivity contribution is -0.128. The van der Waals surface area contributed by atoms with E-state index in [2.05, 4.69) is 11.8 Å². The van der Waals surface area contributed by atoms with E-state index in [1.807, 2.05) is 0 Å². The first-order valence-electron chi connectivity index (χ1n) is 4.60. The largest absolute Gasteiger partial charge is 0.388 e. The van der Waals surface area contributed by atoms with Crippen LogP contribution in [0.1, 0.15) is 19.8 Å². The Labute approximate surface area is 77.7 Å². The summed E-state index contributed by atoms with van der Waals surface area (Å²) in [6.07, 6.45) is 1.78. The first kappa shape index (κ1) is 8.58. The molecule has 1 N–H and O–H groups in total. The van der Waals surface area contributed by atoms with Crippen molar-refractivity contribution in [2.24, 2.45) is 5.92 Å². The lowest BCUT2D eigenvalue weighted by atomic mass is 10.1. The minimum absolute atomic E-state index is 0.152. The molecule has 3 heteroatoms. The topological polar surface area (TPSA) is 40.5 Å². The van der Waals surface area contributed by atoms with Crippen LogP contribution in [0.2, 0.25) is 0 Å². The molecule has 0 bridgehead atoms. The molecule has 2 aliphatic rings. The number of rotatable bonds is 0. The van der Waals surface area contributed by atoms with E-state index < -0.39 is 5.60 Å². The van der Waals surface area contributed by atoms with Crippen molar-refractivity contribution in [2.75, 3.05) is 13.1 Å². The van der Waals surface area contributed by atoms with Gasteiger partial charge in [0.25, 0.3) is 5.91 Å². The summed E-state index contributed by atoms with van der Waals surface area (Å²) < 4.78 is 0. The predicted molar refractivity (Wildman–Crippen MR) is 47.7 cm³/mol. The molecule has 2 atom stereocenters. The van der Waals surface area contributed by atoms with Crippen LogP contribution in [-0.2, 0) is 4.79 Å². The van der Waals surface area contributed by atoms with E-state index in [1.165, 1.54) is 0 Å². The highest BCUT2D eigenvalue weighted by Gasteiger charge is 2.56. The SMILES string of the molecule is CC#CC(=O)N1CC[C@@H]2C[C@]2(O)C1. The molecule has 0 aromatic carbocycles. The second-order valence-corrected chi connectivity index (χ2v) is 3.90. The first-order chi connectivity index (χ1) is 6.15. The van der Waals surface area contributed by atoms with Gasteiger partial charge in [-0.3, -0.25) is 4.79 Å². The van der Waals surface area contributed by atoms with Crippen LogP contribution in [0.5, 0.6) is 0 Å². The summed E-state index contributed by atoms with van der Waals surface area (Å²) >= 11 is 0. The molecule has 3 nitrogen and oxygen atoms in total. The number of aliphatic hydroxyl groups is 1. The van der Waals surface area contributed by atoms with Crippen molar-refractivity contribution in [1.29, 1.82) is 0 Å². The van der Waals surface area contributed by atoms with Gasteiger partial charge in [-0.2, -0.15) is 0 Å². The van der Waals surface area contributed by atoms with Crippen LogP contribution in [-0.4, -0.2) is 34.6 Å². The van der Waals surface area contributed by atoms with E-state index in [0.717, 1.165) is 19.4 Å². The third kappa shape index (κ3) is 1.42. The maximum absolute atomic E-state index is 11.3. The number of carbonyl (C=O) groups is 1. The van der Waals surface area contributed by atoms with Crippen molar-refractivity contribution in [2.45, 2.75) is 25.4 Å². The third-order valence-electron chi connectivity index (χ3n) is 2.93. The van der Waals surface area contributed by atoms with E-state index in [0.29, 0.717) is 12.5 Å². The van der Waals surface area contributed by atoms with Crippen LogP contribution in [0, 0.1) is 17.8 Å². The second kappa shape index (κ2) is 2.74. The van der Waals surface area contributed by atoms with E-state index in [-0.39, 0.29) is 5.91 Å². The van der Waals surface area contributed by atoms with Crippen molar-refractivity contribution in [3.05, 3.63) is 0 Å². The zero-order valence-electron chi connectivity index (χ0n) is 7.71. The van der Waals surface area contributed by atoms with Crippen LogP contribution < -0.4 is 0 Å². The van der Waals surface area contributed by atoms with Gasteiger partial charge in [-0.25, -0.2) is 0 Å². The number of carbonyl (C=O) groups excluding carboxylic acids is 1. The van der Waals surface area contributed by atoms with E-state index in [1.54, 1.807) is 11.8 Å². The molecule has 1 saturated carbocycles. The molecule has 1 saturated heterocycles. The monoisotopic (exact) mass is 179 g/mol. The Balaban J connectivity index is 2.01. The van der Waals surface area contributed by atoms with E-state index >= 15 is 0 Å². The highest BCUT2D eigenvalue weighted by molar-refractivity contribution is 5.93. The van der Waals surface area contributed by atoms with Crippen molar-refractivity contribution in [1.82, 2.24) is 4.90 Å². The van der Waals surface area contributed by atoms with Crippen LogP contribution in [0.4, 0.5) is 0 Å². The molecule has 70 valence electrons. The Bertz CT molecular complexity index is 302. The highest BCUT2D eigenvalue weighted by atomic mass is 16.3. The van der Waals surface area contributed by atoms with Gasteiger partial charge in [0.1, 0.15) is 0 Å². The molecular formula is C10H13NO2. The van der Waals surface area contributed by atoms with Gasteiger partial charge in [-0.05, 0) is 31.6 Å². The Morgan fingerprint density at radius 3 is 3.08 bits per heavy atom. The average Bonchev–Trinajstić information content (AvgIpc) is 2.75. The highest BCUT2D eigenvalue weighted by Crippen LogP contribution is 2.48. The lowest BCUT2D eigenvalue weighted by Crippen LogP contribution is -2.43. The number of nitrogens with zero attached hydrogens (tertiary/aromatic N) is 1. The average molecular weight is 179 g/mol. The molecular weight excluding hydrogens is 166 g/mol. The van der Waals surface area contributed by atoms with Gasteiger partial charge in [0.2, 0.25) is 0 Å². The molecule has 2 fully saturated rings. The first-order valence-corrected chi connectivity index (χ1v) is 4.60. The van der Waals surface area contributed by atoms with Crippen LogP contribution >= 0.6 is 0 Å². The van der Waals surface area contributed by atoms with Crippen molar-refractivity contribution in [3.8, 4) is 11.8 Å². The molecule has 0 unspecified atom stereocenters.